The lowest BCUT2D eigenvalue weighted by molar-refractivity contribution is -0.154. The van der Waals surface area contributed by atoms with E-state index >= 15 is 0 Å². The number of ether oxygens (including phenoxy) is 1. The molecule has 0 aromatic carbocycles. The second kappa shape index (κ2) is 8.24. The van der Waals surface area contributed by atoms with E-state index in [0.717, 1.165) is 42.3 Å². The van der Waals surface area contributed by atoms with Gasteiger partial charge in [-0.05, 0) is 44.6 Å². The number of aromatic amines is 1. The van der Waals surface area contributed by atoms with Gasteiger partial charge < -0.3 is 15.0 Å². The molecule has 0 aliphatic heterocycles. The van der Waals surface area contributed by atoms with Crippen LogP contribution in [0.4, 0.5) is 0 Å². The Hall–Kier alpha value is -1.87. The van der Waals surface area contributed by atoms with E-state index in [2.05, 4.69) is 15.3 Å². The van der Waals surface area contributed by atoms with Crippen LogP contribution in [0.2, 0.25) is 0 Å². The van der Waals surface area contributed by atoms with Gasteiger partial charge in [-0.1, -0.05) is 0 Å². The maximum Gasteiger partial charge on any atom is 0.307 e. The predicted octanol–water partition coefficient (Wildman–Crippen LogP) is 2.31. The number of aromatic nitrogens is 2. The first-order valence-corrected chi connectivity index (χ1v) is 11.6. The fraction of sp³-hybridized carbons (Fsp3) is 0.579. The molecule has 2 aromatic heterocycles. The van der Waals surface area contributed by atoms with Gasteiger partial charge >= 0.3 is 5.97 Å². The summed E-state index contributed by atoms with van der Waals surface area (Å²) in [6.45, 7) is 1.59. The van der Waals surface area contributed by atoms with Crippen molar-refractivity contribution in [1.29, 1.82) is 0 Å². The van der Waals surface area contributed by atoms with Crippen LogP contribution in [-0.4, -0.2) is 39.7 Å². The molecule has 1 atom stereocenters. The average molecular weight is 422 g/mol. The third-order valence-electron chi connectivity index (χ3n) is 4.91. The molecule has 2 aliphatic carbocycles. The van der Waals surface area contributed by atoms with Crippen molar-refractivity contribution in [3.05, 3.63) is 26.6 Å². The number of nitrogens with one attached hydrogen (secondary N) is 2. The SMILES string of the molecule is C[C@H](OC(=O)CCSCc1nc2sc3c(c2c(=O)[nH]1)CCC3)C(=O)NC1CC1. The molecule has 1 fully saturated rings. The summed E-state index contributed by atoms with van der Waals surface area (Å²) in [7, 11) is 0. The number of nitrogens with zero attached hydrogens (tertiary/aromatic N) is 1. The quantitative estimate of drug-likeness (QED) is 0.501. The van der Waals surface area contributed by atoms with Crippen LogP contribution in [0, 0.1) is 0 Å². The minimum Gasteiger partial charge on any atom is -0.453 e. The van der Waals surface area contributed by atoms with Crippen LogP contribution in [0.1, 0.15) is 48.9 Å². The zero-order valence-electron chi connectivity index (χ0n) is 15.7. The van der Waals surface area contributed by atoms with Crippen molar-refractivity contribution in [2.75, 3.05) is 5.75 Å². The highest BCUT2D eigenvalue weighted by atomic mass is 32.2. The fourth-order valence-corrected chi connectivity index (χ4v) is 5.36. The molecule has 28 heavy (non-hydrogen) atoms. The first-order valence-electron chi connectivity index (χ1n) is 9.62. The zero-order chi connectivity index (χ0) is 19.7. The van der Waals surface area contributed by atoms with Crippen molar-refractivity contribution >= 4 is 45.2 Å². The number of hydrogen-bond donors (Lipinski definition) is 2. The molecule has 7 nitrogen and oxygen atoms in total. The lowest BCUT2D eigenvalue weighted by atomic mass is 10.2. The molecule has 2 aromatic rings. The van der Waals surface area contributed by atoms with E-state index in [9.17, 15) is 14.4 Å². The Balaban J connectivity index is 1.24. The van der Waals surface area contributed by atoms with Crippen LogP contribution in [0.25, 0.3) is 10.2 Å². The molecule has 0 saturated heterocycles. The Labute approximate surface area is 170 Å². The van der Waals surface area contributed by atoms with E-state index in [0.29, 0.717) is 17.3 Å². The third kappa shape index (κ3) is 4.41. The summed E-state index contributed by atoms with van der Waals surface area (Å²) >= 11 is 3.13. The highest BCUT2D eigenvalue weighted by Gasteiger charge is 2.27. The number of thiophene rings is 1. The molecule has 150 valence electrons. The Morgan fingerprint density at radius 1 is 1.39 bits per heavy atom. The van der Waals surface area contributed by atoms with Gasteiger partial charge in [0.15, 0.2) is 6.10 Å². The summed E-state index contributed by atoms with van der Waals surface area (Å²) in [4.78, 5) is 45.7. The number of esters is 1. The summed E-state index contributed by atoms with van der Waals surface area (Å²) in [5.74, 6) is 1.07. The van der Waals surface area contributed by atoms with Crippen LogP contribution < -0.4 is 10.9 Å². The predicted molar refractivity (Wildman–Crippen MR) is 110 cm³/mol. The zero-order valence-corrected chi connectivity index (χ0v) is 17.3. The standard InChI is InChI=1S/C19H23N3O4S2/c1-10(17(24)20-11-5-6-11)26-15(23)7-8-27-9-14-21-18(25)16-12-3-2-4-13(12)28-19(16)22-14/h10-11H,2-9H2,1H3,(H,20,24)(H,21,22,25)/t10-/m0/s1. The number of carbonyl (C=O) groups is 2. The van der Waals surface area contributed by atoms with Crippen LogP contribution in [0.5, 0.6) is 0 Å². The summed E-state index contributed by atoms with van der Waals surface area (Å²) in [5, 5.41) is 3.58. The van der Waals surface area contributed by atoms with Crippen LogP contribution in [0.3, 0.4) is 0 Å². The van der Waals surface area contributed by atoms with Gasteiger partial charge in [0.05, 0.1) is 17.6 Å². The van der Waals surface area contributed by atoms with Gasteiger partial charge in [-0.2, -0.15) is 11.8 Å². The van der Waals surface area contributed by atoms with E-state index in [1.807, 2.05) is 0 Å². The lowest BCUT2D eigenvalue weighted by Gasteiger charge is -2.13. The normalized spacial score (nSPS) is 16.8. The van der Waals surface area contributed by atoms with Crippen LogP contribution in [0.15, 0.2) is 4.79 Å². The van der Waals surface area contributed by atoms with Crippen molar-refractivity contribution in [2.45, 2.75) is 63.3 Å². The molecule has 9 heteroatoms. The second-order valence-electron chi connectivity index (χ2n) is 7.27. The number of H-pyrrole nitrogens is 1. The van der Waals surface area contributed by atoms with E-state index < -0.39 is 12.1 Å². The average Bonchev–Trinajstić information content (AvgIpc) is 3.22. The number of thioether (sulfide) groups is 1. The van der Waals surface area contributed by atoms with E-state index in [1.165, 1.54) is 22.2 Å². The molecule has 1 saturated carbocycles. The lowest BCUT2D eigenvalue weighted by Crippen LogP contribution is -2.37. The number of aryl methyl sites for hydroxylation is 2. The van der Waals surface area contributed by atoms with Crippen LogP contribution >= 0.6 is 23.1 Å². The number of fused-ring (bicyclic) bond motifs is 3. The van der Waals surface area contributed by atoms with Gasteiger partial charge in [0, 0.05) is 16.7 Å². The molecule has 0 radical (unpaired) electrons. The second-order valence-corrected chi connectivity index (χ2v) is 9.46. The van der Waals surface area contributed by atoms with Crippen molar-refractivity contribution in [3.63, 3.8) is 0 Å². The summed E-state index contributed by atoms with van der Waals surface area (Å²) in [6.07, 6.45) is 4.57. The number of rotatable bonds is 8. The molecule has 2 N–H and O–H groups in total. The van der Waals surface area contributed by atoms with Gasteiger partial charge in [0.25, 0.3) is 11.5 Å². The van der Waals surface area contributed by atoms with Crippen molar-refractivity contribution in [3.8, 4) is 0 Å². The maximum atomic E-state index is 12.4. The van der Waals surface area contributed by atoms with Crippen LogP contribution in [-0.2, 0) is 32.9 Å². The molecule has 0 unspecified atom stereocenters. The Morgan fingerprint density at radius 2 is 2.21 bits per heavy atom. The molecule has 0 bridgehead atoms. The van der Waals surface area contributed by atoms with Gasteiger partial charge in [-0.25, -0.2) is 4.98 Å². The molecule has 0 spiro atoms. The summed E-state index contributed by atoms with van der Waals surface area (Å²) < 4.78 is 5.17. The van der Waals surface area contributed by atoms with E-state index in [-0.39, 0.29) is 23.9 Å². The van der Waals surface area contributed by atoms with E-state index in [1.54, 1.807) is 18.3 Å². The van der Waals surface area contributed by atoms with Gasteiger partial charge in [-0.3, -0.25) is 14.4 Å². The smallest absolute Gasteiger partial charge is 0.307 e. The molecule has 1 amide bonds. The van der Waals surface area contributed by atoms with Crippen molar-refractivity contribution in [1.82, 2.24) is 15.3 Å². The summed E-state index contributed by atoms with van der Waals surface area (Å²) in [6, 6.07) is 0.251. The van der Waals surface area contributed by atoms with Crippen molar-refractivity contribution in [2.24, 2.45) is 0 Å². The molecular formula is C19H23N3O4S2. The van der Waals surface area contributed by atoms with E-state index in [4.69, 9.17) is 4.74 Å². The first-order chi connectivity index (χ1) is 13.5. The molecule has 2 aliphatic rings. The highest BCUT2D eigenvalue weighted by Crippen LogP contribution is 2.34. The maximum absolute atomic E-state index is 12.4. The minimum atomic E-state index is -0.765. The van der Waals surface area contributed by atoms with Gasteiger partial charge in [0.2, 0.25) is 0 Å². The topological polar surface area (TPSA) is 101 Å². The third-order valence-corrected chi connectivity index (χ3v) is 7.07. The summed E-state index contributed by atoms with van der Waals surface area (Å²) in [5.41, 5.74) is 1.12. The van der Waals surface area contributed by atoms with Gasteiger partial charge in [-0.15, -0.1) is 11.3 Å². The molecule has 2 heterocycles. The minimum absolute atomic E-state index is 0.0603. The first kappa shape index (κ1) is 19.4. The Kier molecular flexibility index (Phi) is 5.73. The molecule has 4 rings (SSSR count). The monoisotopic (exact) mass is 421 g/mol. The Morgan fingerprint density at radius 3 is 3.00 bits per heavy atom. The number of amides is 1. The largest absolute Gasteiger partial charge is 0.453 e. The fourth-order valence-electron chi connectivity index (χ4n) is 3.30. The molecular weight excluding hydrogens is 398 g/mol. The van der Waals surface area contributed by atoms with Gasteiger partial charge in [0.1, 0.15) is 10.7 Å². The number of carbonyl (C=O) groups excluding carboxylic acids is 2. The highest BCUT2D eigenvalue weighted by molar-refractivity contribution is 7.98. The Bertz CT molecular complexity index is 964. The van der Waals surface area contributed by atoms with Crippen molar-refractivity contribution < 1.29 is 14.3 Å². The number of hydrogen-bond acceptors (Lipinski definition) is 7.